The first-order valence-electron chi connectivity index (χ1n) is 3.59. The van der Waals surface area contributed by atoms with Crippen molar-refractivity contribution < 1.29 is 13.2 Å². The Kier molecular flexibility index (Phi) is 3.29. The Balaban J connectivity index is 3.07. The molecule has 1 atom stereocenters. The molecule has 0 aliphatic carbocycles. The molecule has 0 aliphatic rings. The summed E-state index contributed by atoms with van der Waals surface area (Å²) in [5.41, 5.74) is 4.82. The van der Waals surface area contributed by atoms with Gasteiger partial charge in [0, 0.05) is 10.0 Å². The van der Waals surface area contributed by atoms with Gasteiger partial charge in [0.2, 0.25) is 0 Å². The van der Waals surface area contributed by atoms with E-state index in [1.807, 2.05) is 0 Å². The number of benzene rings is 1. The summed E-state index contributed by atoms with van der Waals surface area (Å²) in [4.78, 5) is 0. The molecule has 78 valence electrons. The van der Waals surface area contributed by atoms with E-state index in [0.29, 0.717) is 0 Å². The van der Waals surface area contributed by atoms with Gasteiger partial charge in [0.1, 0.15) is 6.04 Å². The molecule has 6 heteroatoms. The van der Waals surface area contributed by atoms with Crippen molar-refractivity contribution in [3.63, 3.8) is 0 Å². The van der Waals surface area contributed by atoms with Gasteiger partial charge >= 0.3 is 6.18 Å². The highest BCUT2D eigenvalue weighted by molar-refractivity contribution is 6.34. The molecule has 1 nitrogen and oxygen atoms in total. The molecule has 0 saturated carbocycles. The van der Waals surface area contributed by atoms with Crippen LogP contribution in [0.4, 0.5) is 13.2 Å². The molecule has 0 heterocycles. The fourth-order valence-corrected chi connectivity index (χ4v) is 1.49. The van der Waals surface area contributed by atoms with E-state index < -0.39 is 12.2 Å². The maximum Gasteiger partial charge on any atom is 0.407 e. The summed E-state index contributed by atoms with van der Waals surface area (Å²) >= 11 is 11.1. The van der Waals surface area contributed by atoms with Crippen LogP contribution in [0.25, 0.3) is 0 Å². The lowest BCUT2D eigenvalue weighted by Gasteiger charge is -2.16. The first kappa shape index (κ1) is 11.6. The molecule has 0 bridgehead atoms. The van der Waals surface area contributed by atoms with Crippen LogP contribution in [0.15, 0.2) is 18.2 Å². The lowest BCUT2D eigenvalue weighted by atomic mass is 10.1. The van der Waals surface area contributed by atoms with Crippen molar-refractivity contribution in [1.29, 1.82) is 0 Å². The standard InChI is InChI=1S/C8H6Cl2F3N/c9-5-1-4(2-6(10)3-5)7(14)8(11,12)13/h1-3,7H,14H2/t7-/m1/s1. The van der Waals surface area contributed by atoms with Gasteiger partial charge in [-0.15, -0.1) is 0 Å². The van der Waals surface area contributed by atoms with Gasteiger partial charge in [-0.05, 0) is 23.8 Å². The zero-order valence-corrected chi connectivity index (χ0v) is 8.29. The lowest BCUT2D eigenvalue weighted by molar-refractivity contribution is -0.149. The summed E-state index contributed by atoms with van der Waals surface area (Å²) in [6.45, 7) is 0. The first-order valence-corrected chi connectivity index (χ1v) is 4.34. The Morgan fingerprint density at radius 3 is 1.86 bits per heavy atom. The van der Waals surface area contributed by atoms with Crippen molar-refractivity contribution in [3.8, 4) is 0 Å². The predicted molar refractivity (Wildman–Crippen MR) is 49.4 cm³/mol. The van der Waals surface area contributed by atoms with Gasteiger partial charge in [-0.1, -0.05) is 23.2 Å². The molecular weight excluding hydrogens is 238 g/mol. The van der Waals surface area contributed by atoms with E-state index in [9.17, 15) is 13.2 Å². The third-order valence-electron chi connectivity index (χ3n) is 1.60. The van der Waals surface area contributed by atoms with Crippen LogP contribution in [0, 0.1) is 0 Å². The van der Waals surface area contributed by atoms with E-state index in [1.54, 1.807) is 0 Å². The zero-order valence-electron chi connectivity index (χ0n) is 6.78. The fourth-order valence-electron chi connectivity index (χ4n) is 0.944. The molecule has 1 aromatic rings. The minimum Gasteiger partial charge on any atom is -0.316 e. The maximum atomic E-state index is 12.2. The summed E-state index contributed by atoms with van der Waals surface area (Å²) in [5.74, 6) is 0. The van der Waals surface area contributed by atoms with E-state index in [-0.39, 0.29) is 15.6 Å². The number of rotatable bonds is 1. The van der Waals surface area contributed by atoms with Gasteiger partial charge in [-0.2, -0.15) is 13.2 Å². The maximum absolute atomic E-state index is 12.2. The molecule has 0 aromatic heterocycles. The average molecular weight is 244 g/mol. The highest BCUT2D eigenvalue weighted by Crippen LogP contribution is 2.32. The first-order chi connectivity index (χ1) is 6.30. The molecule has 0 amide bonds. The third-order valence-corrected chi connectivity index (χ3v) is 2.03. The van der Waals surface area contributed by atoms with E-state index in [4.69, 9.17) is 28.9 Å². The van der Waals surface area contributed by atoms with Crippen molar-refractivity contribution in [3.05, 3.63) is 33.8 Å². The molecular formula is C8H6Cl2F3N. The lowest BCUT2D eigenvalue weighted by Crippen LogP contribution is -2.28. The van der Waals surface area contributed by atoms with Crippen molar-refractivity contribution in [2.75, 3.05) is 0 Å². The van der Waals surface area contributed by atoms with Crippen LogP contribution in [0.5, 0.6) is 0 Å². The van der Waals surface area contributed by atoms with Crippen molar-refractivity contribution >= 4 is 23.2 Å². The Bertz CT molecular complexity index is 318. The van der Waals surface area contributed by atoms with E-state index in [0.717, 1.165) is 12.1 Å². The Hall–Kier alpha value is -0.450. The SMILES string of the molecule is N[C@H](c1cc(Cl)cc(Cl)c1)C(F)(F)F. The van der Waals surface area contributed by atoms with Crippen LogP contribution >= 0.6 is 23.2 Å². The molecule has 0 fully saturated rings. The number of nitrogens with two attached hydrogens (primary N) is 1. The van der Waals surface area contributed by atoms with Crippen molar-refractivity contribution in [2.45, 2.75) is 12.2 Å². The second-order valence-corrected chi connectivity index (χ2v) is 3.59. The fraction of sp³-hybridized carbons (Fsp3) is 0.250. The molecule has 1 aromatic carbocycles. The highest BCUT2D eigenvalue weighted by atomic mass is 35.5. The minimum absolute atomic E-state index is 0.132. The van der Waals surface area contributed by atoms with Crippen molar-refractivity contribution in [1.82, 2.24) is 0 Å². The molecule has 0 aliphatic heterocycles. The van der Waals surface area contributed by atoms with Crippen LogP contribution in [-0.4, -0.2) is 6.18 Å². The molecule has 0 spiro atoms. The third kappa shape index (κ3) is 2.77. The van der Waals surface area contributed by atoms with Crippen LogP contribution in [0.1, 0.15) is 11.6 Å². The van der Waals surface area contributed by atoms with Gasteiger partial charge in [-0.25, -0.2) is 0 Å². The second kappa shape index (κ2) is 3.96. The van der Waals surface area contributed by atoms with Gasteiger partial charge in [0.15, 0.2) is 0 Å². The Morgan fingerprint density at radius 2 is 1.50 bits per heavy atom. The van der Waals surface area contributed by atoms with Crippen LogP contribution in [-0.2, 0) is 0 Å². The molecule has 0 saturated heterocycles. The van der Waals surface area contributed by atoms with E-state index in [1.165, 1.54) is 6.07 Å². The largest absolute Gasteiger partial charge is 0.407 e. The van der Waals surface area contributed by atoms with Crippen LogP contribution in [0.2, 0.25) is 10.0 Å². The quantitative estimate of drug-likeness (QED) is 0.802. The molecule has 0 unspecified atom stereocenters. The number of halogens is 5. The molecule has 2 N–H and O–H groups in total. The summed E-state index contributed by atoms with van der Waals surface area (Å²) in [7, 11) is 0. The molecule has 14 heavy (non-hydrogen) atoms. The normalized spacial score (nSPS) is 14.1. The van der Waals surface area contributed by atoms with Gasteiger partial charge < -0.3 is 5.73 Å². The van der Waals surface area contributed by atoms with E-state index >= 15 is 0 Å². The second-order valence-electron chi connectivity index (χ2n) is 2.72. The Labute approximate surface area is 88.6 Å². The van der Waals surface area contributed by atoms with Crippen LogP contribution < -0.4 is 5.73 Å². The van der Waals surface area contributed by atoms with Crippen molar-refractivity contribution in [2.24, 2.45) is 5.73 Å². The summed E-state index contributed by atoms with van der Waals surface area (Å²) in [6.07, 6.45) is -4.49. The van der Waals surface area contributed by atoms with Gasteiger partial charge in [0.25, 0.3) is 0 Å². The highest BCUT2D eigenvalue weighted by Gasteiger charge is 2.37. The molecule has 1 rings (SSSR count). The average Bonchev–Trinajstić information content (AvgIpc) is 1.99. The van der Waals surface area contributed by atoms with Gasteiger partial charge in [-0.3, -0.25) is 0 Å². The predicted octanol–water partition coefficient (Wildman–Crippen LogP) is 3.56. The minimum atomic E-state index is -4.49. The monoisotopic (exact) mass is 243 g/mol. The number of hydrogen-bond donors (Lipinski definition) is 1. The Morgan fingerprint density at radius 1 is 1.07 bits per heavy atom. The summed E-state index contributed by atoms with van der Waals surface area (Å²) in [6, 6.07) is 1.58. The topological polar surface area (TPSA) is 26.0 Å². The van der Waals surface area contributed by atoms with Crippen LogP contribution in [0.3, 0.4) is 0 Å². The smallest absolute Gasteiger partial charge is 0.316 e. The number of hydrogen-bond acceptors (Lipinski definition) is 1. The van der Waals surface area contributed by atoms with Gasteiger partial charge in [0.05, 0.1) is 0 Å². The summed E-state index contributed by atoms with van der Waals surface area (Å²) < 4.78 is 36.6. The van der Waals surface area contributed by atoms with E-state index in [2.05, 4.69) is 0 Å². The summed E-state index contributed by atoms with van der Waals surface area (Å²) in [5, 5.41) is 0.263. The number of alkyl halides is 3. The molecule has 0 radical (unpaired) electrons. The zero-order chi connectivity index (χ0) is 10.9.